The van der Waals surface area contributed by atoms with Crippen molar-refractivity contribution in [2.75, 3.05) is 26.4 Å². The highest BCUT2D eigenvalue weighted by atomic mass is 16.8. The number of carbonyl (C=O) groups excluding carboxylic acids is 7. The maximum atomic E-state index is 13.6. The lowest BCUT2D eigenvalue weighted by atomic mass is 9.95. The van der Waals surface area contributed by atoms with Gasteiger partial charge in [0.05, 0.1) is 13.2 Å². The monoisotopic (exact) mass is 916 g/mol. The van der Waals surface area contributed by atoms with Gasteiger partial charge in [-0.3, -0.25) is 24.0 Å². The lowest BCUT2D eigenvalue weighted by Gasteiger charge is -2.48. The quantitative estimate of drug-likeness (QED) is 0.136. The lowest BCUT2D eigenvalue weighted by molar-refractivity contribution is -0.346. The van der Waals surface area contributed by atoms with E-state index >= 15 is 0 Å². The second kappa shape index (κ2) is 22.0. The third-order valence-electron chi connectivity index (χ3n) is 10.2. The number of ether oxygens (including phenoxy) is 10. The summed E-state index contributed by atoms with van der Waals surface area (Å²) in [4.78, 5) is 88.9. The number of aliphatic hydroxyl groups is 2. The van der Waals surface area contributed by atoms with Crippen molar-refractivity contribution in [2.24, 2.45) is 0 Å². The van der Waals surface area contributed by atoms with Crippen LogP contribution in [0.3, 0.4) is 0 Å². The molecule has 2 heterocycles. The molecular weight excluding hydrogens is 860 g/mol. The first kappa shape index (κ1) is 50.3. The molecule has 1 aliphatic carbocycles. The Hall–Kier alpha value is -5.71. The van der Waals surface area contributed by atoms with Gasteiger partial charge >= 0.3 is 35.9 Å². The van der Waals surface area contributed by atoms with E-state index in [0.717, 1.165) is 56.9 Å². The van der Waals surface area contributed by atoms with Crippen LogP contribution in [0, 0.1) is 0 Å². The van der Waals surface area contributed by atoms with Crippen molar-refractivity contribution >= 4 is 41.8 Å². The van der Waals surface area contributed by atoms with E-state index in [2.05, 4.69) is 10.6 Å². The average molecular weight is 917 g/mol. The van der Waals surface area contributed by atoms with Gasteiger partial charge in [0.15, 0.2) is 36.9 Å². The SMILES string of the molecule is CC(=O)N[C@H]1[C@@H](OC[C@H](NC(=O)OCC2c3ccccc3-c3ccccc32)C(=O)OC(C)(C)C)O[C@H](CO)[C@H](O)[C@@H]1O[C@@H]1O[C@H](COC(C)=O)[C@H](OC(C)=O)[C@H](OC(C)=O)[C@H]1OC(C)=O. The number of aliphatic hydroxyl groups excluding tert-OH is 2. The Kier molecular flexibility index (Phi) is 17.0. The number of amides is 2. The minimum Gasteiger partial charge on any atom is -0.463 e. The van der Waals surface area contributed by atoms with Gasteiger partial charge in [-0.2, -0.15) is 0 Å². The molecule has 4 N–H and O–H groups in total. The first-order valence-electron chi connectivity index (χ1n) is 20.8. The normalized spacial score (nSPS) is 26.6. The van der Waals surface area contributed by atoms with Gasteiger partial charge < -0.3 is 68.2 Å². The van der Waals surface area contributed by atoms with E-state index in [0.29, 0.717) is 0 Å². The fourth-order valence-corrected chi connectivity index (χ4v) is 7.73. The van der Waals surface area contributed by atoms with Crippen LogP contribution in [0.2, 0.25) is 0 Å². The highest BCUT2D eigenvalue weighted by Gasteiger charge is 2.56. The molecule has 356 valence electrons. The predicted octanol–water partition coefficient (Wildman–Crippen LogP) is 1.30. The average Bonchev–Trinajstić information content (AvgIpc) is 3.53. The van der Waals surface area contributed by atoms with E-state index in [1.54, 1.807) is 20.8 Å². The number of benzene rings is 2. The number of hydrogen-bond acceptors (Lipinski definition) is 19. The third kappa shape index (κ3) is 13.2. The molecule has 0 saturated carbocycles. The molecule has 5 rings (SSSR count). The summed E-state index contributed by atoms with van der Waals surface area (Å²) < 4.78 is 57.1. The molecule has 2 aliphatic heterocycles. The Morgan fingerprint density at radius 1 is 0.692 bits per heavy atom. The van der Waals surface area contributed by atoms with Crippen LogP contribution >= 0.6 is 0 Å². The van der Waals surface area contributed by atoms with Crippen molar-refractivity contribution in [3.63, 3.8) is 0 Å². The van der Waals surface area contributed by atoms with Crippen LogP contribution in [-0.4, -0.2) is 151 Å². The number of carbonyl (C=O) groups is 7. The second-order valence-electron chi connectivity index (χ2n) is 16.5. The Bertz CT molecular complexity index is 2010. The molecular formula is C44H56N2O19. The van der Waals surface area contributed by atoms with Crippen molar-refractivity contribution in [2.45, 2.75) is 134 Å². The fourth-order valence-electron chi connectivity index (χ4n) is 7.73. The second-order valence-corrected chi connectivity index (χ2v) is 16.5. The van der Waals surface area contributed by atoms with E-state index in [-0.39, 0.29) is 12.5 Å². The van der Waals surface area contributed by atoms with Crippen LogP contribution in [0.4, 0.5) is 4.79 Å². The van der Waals surface area contributed by atoms with Crippen LogP contribution in [0.1, 0.15) is 72.4 Å². The first-order chi connectivity index (χ1) is 30.7. The molecule has 2 saturated heterocycles. The Morgan fingerprint density at radius 3 is 1.78 bits per heavy atom. The lowest BCUT2D eigenvalue weighted by Crippen LogP contribution is -2.69. The summed E-state index contributed by atoms with van der Waals surface area (Å²) in [6, 6.07) is 12.3. The largest absolute Gasteiger partial charge is 0.463 e. The molecule has 65 heavy (non-hydrogen) atoms. The zero-order valence-corrected chi connectivity index (χ0v) is 37.2. The topological polar surface area (TPSA) is 276 Å². The summed E-state index contributed by atoms with van der Waals surface area (Å²) in [6.07, 6.45) is -15.9. The molecule has 0 unspecified atom stereocenters. The summed E-state index contributed by atoms with van der Waals surface area (Å²) in [5.41, 5.74) is 2.87. The summed E-state index contributed by atoms with van der Waals surface area (Å²) in [5, 5.41) is 27.0. The van der Waals surface area contributed by atoms with E-state index in [4.69, 9.17) is 47.4 Å². The van der Waals surface area contributed by atoms with Crippen molar-refractivity contribution < 1.29 is 91.1 Å². The van der Waals surface area contributed by atoms with Crippen molar-refractivity contribution in [1.82, 2.24) is 10.6 Å². The number of hydrogen-bond donors (Lipinski definition) is 4. The zero-order chi connectivity index (χ0) is 47.7. The van der Waals surface area contributed by atoms with Gasteiger partial charge in [-0.1, -0.05) is 48.5 Å². The minimum atomic E-state index is -1.85. The standard InChI is InChI=1S/C44H56N2O19/c1-21(48)45-34-37(64-42-39(61-25(5)52)38(60-24(4)51)36(59-23(3)50)33(63-42)20-56-22(2)49)35(53)32(17-47)62-41(34)57-19-31(40(54)65-44(6,7)8)46-43(55)58-18-30-28-15-11-9-13-26(28)27-14-10-12-16-29(27)30/h9-16,30-39,41-42,47,53H,17-20H2,1-8H3,(H,45,48)(H,46,55)/t31-,32+,33+,34+,35-,36-,37+,38-,39+,41-,42-/m0/s1. The van der Waals surface area contributed by atoms with E-state index in [1.807, 2.05) is 48.5 Å². The molecule has 3 aliphatic rings. The van der Waals surface area contributed by atoms with Crippen LogP contribution in [-0.2, 0) is 76.1 Å². The molecule has 0 spiro atoms. The summed E-state index contributed by atoms with van der Waals surface area (Å²) in [6.45, 7) is 7.87. The molecule has 0 bridgehead atoms. The molecule has 21 nitrogen and oxygen atoms in total. The van der Waals surface area contributed by atoms with Crippen LogP contribution in [0.15, 0.2) is 48.5 Å². The minimum absolute atomic E-state index is 0.0908. The molecule has 11 atom stereocenters. The van der Waals surface area contributed by atoms with Crippen molar-refractivity contribution in [1.29, 1.82) is 0 Å². The molecule has 2 fully saturated rings. The van der Waals surface area contributed by atoms with Gasteiger partial charge in [-0.25, -0.2) is 9.59 Å². The van der Waals surface area contributed by atoms with E-state index in [1.165, 1.54) is 0 Å². The molecule has 2 amide bonds. The third-order valence-corrected chi connectivity index (χ3v) is 10.2. The van der Waals surface area contributed by atoms with Crippen LogP contribution in [0.5, 0.6) is 0 Å². The number of fused-ring (bicyclic) bond motifs is 3. The molecule has 0 radical (unpaired) electrons. The fraction of sp³-hybridized carbons (Fsp3) is 0.568. The zero-order valence-electron chi connectivity index (χ0n) is 37.2. The Balaban J connectivity index is 1.42. The number of esters is 5. The summed E-state index contributed by atoms with van der Waals surface area (Å²) >= 11 is 0. The highest BCUT2D eigenvalue weighted by molar-refractivity contribution is 5.82. The molecule has 2 aromatic rings. The summed E-state index contributed by atoms with van der Waals surface area (Å²) in [7, 11) is 0. The highest BCUT2D eigenvalue weighted by Crippen LogP contribution is 2.44. The molecule has 21 heteroatoms. The van der Waals surface area contributed by atoms with Crippen molar-refractivity contribution in [3.8, 4) is 11.1 Å². The summed E-state index contributed by atoms with van der Waals surface area (Å²) in [5.74, 6) is -5.47. The van der Waals surface area contributed by atoms with E-state index < -0.39 is 135 Å². The Morgan fingerprint density at radius 2 is 1.25 bits per heavy atom. The van der Waals surface area contributed by atoms with Gasteiger partial charge in [0.2, 0.25) is 5.91 Å². The first-order valence-corrected chi connectivity index (χ1v) is 20.8. The molecule has 2 aromatic carbocycles. The van der Waals surface area contributed by atoms with Crippen LogP contribution in [0.25, 0.3) is 11.1 Å². The van der Waals surface area contributed by atoms with E-state index in [9.17, 15) is 43.8 Å². The van der Waals surface area contributed by atoms with Gasteiger partial charge in [0.25, 0.3) is 0 Å². The Labute approximate surface area is 374 Å². The van der Waals surface area contributed by atoms with Gasteiger partial charge in [0.1, 0.15) is 49.3 Å². The predicted molar refractivity (Wildman–Crippen MR) is 220 cm³/mol. The number of alkyl carbamates (subject to hydrolysis) is 1. The maximum absolute atomic E-state index is 13.6. The van der Waals surface area contributed by atoms with Gasteiger partial charge in [-0.05, 0) is 43.0 Å². The van der Waals surface area contributed by atoms with Gasteiger partial charge in [-0.15, -0.1) is 0 Å². The molecule has 0 aromatic heterocycles. The number of rotatable bonds is 16. The smallest absolute Gasteiger partial charge is 0.407 e. The van der Waals surface area contributed by atoms with Crippen molar-refractivity contribution in [3.05, 3.63) is 59.7 Å². The van der Waals surface area contributed by atoms with Crippen LogP contribution < -0.4 is 10.6 Å². The maximum Gasteiger partial charge on any atom is 0.407 e. The number of nitrogens with one attached hydrogen (secondary N) is 2. The van der Waals surface area contributed by atoms with Gasteiger partial charge in [0, 0.05) is 40.5 Å².